The van der Waals surface area contributed by atoms with Crippen molar-refractivity contribution in [2.45, 2.75) is 6.92 Å². The number of carbonyl (C=O) groups excluding carboxylic acids is 2. The van der Waals surface area contributed by atoms with Crippen LogP contribution in [0.2, 0.25) is 0 Å². The molecule has 0 aliphatic rings. The van der Waals surface area contributed by atoms with Crippen molar-refractivity contribution in [3.05, 3.63) is 0 Å². The summed E-state index contributed by atoms with van der Waals surface area (Å²) < 4.78 is 0. The molecule has 8 heteroatoms. The fraction of sp³-hybridized carbons (Fsp3) is 0.500. The Morgan fingerprint density at radius 2 is 1.81 bits per heavy atom. The van der Waals surface area contributed by atoms with Gasteiger partial charge in [0.25, 0.3) is 5.91 Å². The molecular formula is C8H16N6O2. The largest absolute Gasteiger partial charge is 0.369 e. The van der Waals surface area contributed by atoms with E-state index in [0.29, 0.717) is 0 Å². The Labute approximate surface area is 93.4 Å². The van der Waals surface area contributed by atoms with Gasteiger partial charge < -0.3 is 21.7 Å². The first-order chi connectivity index (χ1) is 7.32. The van der Waals surface area contributed by atoms with Crippen molar-refractivity contribution in [1.82, 2.24) is 10.2 Å². The molecule has 0 spiro atoms. The molecule has 0 aromatic carbocycles. The SMILES string of the molecule is CC(=O)NCC(=O)N=C(N)/N=C(\N)N(C)C. The van der Waals surface area contributed by atoms with Crippen molar-refractivity contribution in [1.29, 1.82) is 0 Å². The summed E-state index contributed by atoms with van der Waals surface area (Å²) in [6.45, 7) is 1.08. The Morgan fingerprint density at radius 3 is 2.25 bits per heavy atom. The molecule has 8 nitrogen and oxygen atoms in total. The number of nitrogens with two attached hydrogens (primary N) is 2. The molecule has 0 rings (SSSR count). The van der Waals surface area contributed by atoms with Crippen LogP contribution in [0.3, 0.4) is 0 Å². The van der Waals surface area contributed by atoms with Crippen LogP contribution in [0.4, 0.5) is 0 Å². The van der Waals surface area contributed by atoms with E-state index >= 15 is 0 Å². The van der Waals surface area contributed by atoms with E-state index in [-0.39, 0.29) is 24.4 Å². The summed E-state index contributed by atoms with van der Waals surface area (Å²) >= 11 is 0. The number of hydrogen-bond acceptors (Lipinski definition) is 2. The van der Waals surface area contributed by atoms with Crippen molar-refractivity contribution >= 4 is 23.7 Å². The van der Waals surface area contributed by atoms with Crippen LogP contribution >= 0.6 is 0 Å². The standard InChI is InChI=1S/C8H16N6O2/c1-5(15)11-4-6(16)12-7(9)13-8(10)14(2)3/h4H2,1-3H3,(H,11,15)(H4,9,10,12,13,16). The lowest BCUT2D eigenvalue weighted by molar-refractivity contribution is -0.123. The van der Waals surface area contributed by atoms with Crippen molar-refractivity contribution in [3.63, 3.8) is 0 Å². The molecule has 16 heavy (non-hydrogen) atoms. The Bertz CT molecular complexity index is 333. The van der Waals surface area contributed by atoms with Gasteiger partial charge in [-0.15, -0.1) is 0 Å². The molecule has 0 saturated heterocycles. The summed E-state index contributed by atoms with van der Waals surface area (Å²) in [6.07, 6.45) is 0. The zero-order chi connectivity index (χ0) is 12.7. The molecule has 0 aliphatic heterocycles. The molecule has 0 aromatic rings. The van der Waals surface area contributed by atoms with Gasteiger partial charge in [0.1, 0.15) is 0 Å². The topological polar surface area (TPSA) is 126 Å². The summed E-state index contributed by atoms with van der Waals surface area (Å²) in [4.78, 5) is 30.2. The molecule has 5 N–H and O–H groups in total. The van der Waals surface area contributed by atoms with Crippen LogP contribution in [0.5, 0.6) is 0 Å². The second kappa shape index (κ2) is 6.38. The number of rotatable bonds is 2. The second-order valence-electron chi connectivity index (χ2n) is 3.14. The van der Waals surface area contributed by atoms with Gasteiger partial charge in [-0.25, -0.2) is 0 Å². The number of nitrogens with zero attached hydrogens (tertiary/aromatic N) is 3. The summed E-state index contributed by atoms with van der Waals surface area (Å²) in [5, 5.41) is 2.29. The summed E-state index contributed by atoms with van der Waals surface area (Å²) in [5.74, 6) is -1.03. The van der Waals surface area contributed by atoms with Gasteiger partial charge in [0.2, 0.25) is 11.9 Å². The maximum atomic E-state index is 11.1. The molecule has 0 radical (unpaired) electrons. The third kappa shape index (κ3) is 6.35. The second-order valence-corrected chi connectivity index (χ2v) is 3.14. The van der Waals surface area contributed by atoms with E-state index in [1.807, 2.05) is 0 Å². The van der Waals surface area contributed by atoms with Gasteiger partial charge in [-0.3, -0.25) is 9.59 Å². The third-order valence-corrected chi connectivity index (χ3v) is 1.42. The van der Waals surface area contributed by atoms with Crippen LogP contribution in [0.15, 0.2) is 9.98 Å². The first-order valence-corrected chi connectivity index (χ1v) is 4.46. The lowest BCUT2D eigenvalue weighted by Crippen LogP contribution is -2.33. The Balaban J connectivity index is 4.37. The average Bonchev–Trinajstić information content (AvgIpc) is 2.14. The van der Waals surface area contributed by atoms with Gasteiger partial charge >= 0.3 is 0 Å². The maximum absolute atomic E-state index is 11.1. The molecule has 0 aliphatic carbocycles. The van der Waals surface area contributed by atoms with Gasteiger partial charge in [0.15, 0.2) is 5.96 Å². The number of amides is 2. The number of carbonyl (C=O) groups is 2. The van der Waals surface area contributed by atoms with E-state index in [9.17, 15) is 9.59 Å². The van der Waals surface area contributed by atoms with E-state index in [0.717, 1.165) is 0 Å². The van der Waals surface area contributed by atoms with Gasteiger partial charge in [0.05, 0.1) is 6.54 Å². The minimum Gasteiger partial charge on any atom is -0.369 e. The van der Waals surface area contributed by atoms with Crippen LogP contribution in [0.25, 0.3) is 0 Å². The van der Waals surface area contributed by atoms with Crippen molar-refractivity contribution < 1.29 is 9.59 Å². The first kappa shape index (κ1) is 13.9. The van der Waals surface area contributed by atoms with Crippen LogP contribution in [0, 0.1) is 0 Å². The van der Waals surface area contributed by atoms with Crippen molar-refractivity contribution in [2.75, 3.05) is 20.6 Å². The van der Waals surface area contributed by atoms with E-state index < -0.39 is 5.91 Å². The minimum atomic E-state index is -0.594. The molecular weight excluding hydrogens is 212 g/mol. The predicted octanol–water partition coefficient (Wildman–Crippen LogP) is -2.16. The van der Waals surface area contributed by atoms with Crippen molar-refractivity contribution in [2.24, 2.45) is 21.5 Å². The van der Waals surface area contributed by atoms with E-state index in [2.05, 4.69) is 15.3 Å². The van der Waals surface area contributed by atoms with Gasteiger partial charge in [0, 0.05) is 21.0 Å². The lowest BCUT2D eigenvalue weighted by atomic mass is 10.5. The molecule has 0 unspecified atom stereocenters. The fourth-order valence-corrected chi connectivity index (χ4v) is 0.610. The monoisotopic (exact) mass is 228 g/mol. The number of hydrogen-bond donors (Lipinski definition) is 3. The number of nitrogens with one attached hydrogen (secondary N) is 1. The zero-order valence-corrected chi connectivity index (χ0v) is 9.52. The molecule has 0 fully saturated rings. The highest BCUT2D eigenvalue weighted by Gasteiger charge is 2.02. The Kier molecular flexibility index (Phi) is 5.53. The van der Waals surface area contributed by atoms with Crippen molar-refractivity contribution in [3.8, 4) is 0 Å². The molecule has 0 saturated carbocycles. The summed E-state index contributed by atoms with van der Waals surface area (Å²) in [6, 6.07) is 0. The normalized spacial score (nSPS) is 12.2. The highest BCUT2D eigenvalue weighted by molar-refractivity contribution is 5.99. The van der Waals surface area contributed by atoms with Gasteiger partial charge in [-0.1, -0.05) is 0 Å². The maximum Gasteiger partial charge on any atom is 0.268 e. The highest BCUT2D eigenvalue weighted by atomic mass is 16.2. The van der Waals surface area contributed by atoms with Crippen LogP contribution in [0.1, 0.15) is 6.92 Å². The number of guanidine groups is 2. The molecule has 90 valence electrons. The molecule has 0 heterocycles. The molecule has 2 amide bonds. The lowest BCUT2D eigenvalue weighted by Gasteiger charge is -2.09. The van der Waals surface area contributed by atoms with Crippen LogP contribution < -0.4 is 16.8 Å². The fourth-order valence-electron chi connectivity index (χ4n) is 0.610. The predicted molar refractivity (Wildman–Crippen MR) is 60.6 cm³/mol. The Morgan fingerprint density at radius 1 is 1.25 bits per heavy atom. The summed E-state index contributed by atoms with van der Waals surface area (Å²) in [7, 11) is 3.34. The smallest absolute Gasteiger partial charge is 0.268 e. The molecule has 0 aromatic heterocycles. The highest BCUT2D eigenvalue weighted by Crippen LogP contribution is 1.80. The zero-order valence-electron chi connectivity index (χ0n) is 9.52. The van der Waals surface area contributed by atoms with E-state index in [1.165, 1.54) is 11.8 Å². The van der Waals surface area contributed by atoms with Crippen LogP contribution in [-0.2, 0) is 9.59 Å². The van der Waals surface area contributed by atoms with Gasteiger partial charge in [-0.05, 0) is 0 Å². The first-order valence-electron chi connectivity index (χ1n) is 4.46. The minimum absolute atomic E-state index is 0.133. The van der Waals surface area contributed by atoms with E-state index in [1.54, 1.807) is 14.1 Å². The average molecular weight is 228 g/mol. The third-order valence-electron chi connectivity index (χ3n) is 1.42. The van der Waals surface area contributed by atoms with Crippen LogP contribution in [-0.4, -0.2) is 49.3 Å². The quantitative estimate of drug-likeness (QED) is 0.366. The molecule has 0 atom stereocenters. The molecule has 0 bridgehead atoms. The van der Waals surface area contributed by atoms with Gasteiger partial charge in [-0.2, -0.15) is 9.98 Å². The Hall–Kier alpha value is -2.12. The number of aliphatic imine (C=N–C) groups is 2. The summed E-state index contributed by atoms with van der Waals surface area (Å²) in [5.41, 5.74) is 10.8. The van der Waals surface area contributed by atoms with E-state index in [4.69, 9.17) is 11.5 Å².